The molecule has 4 nitrogen and oxygen atoms in total. The summed E-state index contributed by atoms with van der Waals surface area (Å²) in [6, 6.07) is 10.9. The highest BCUT2D eigenvalue weighted by atomic mass is 79.9. The van der Waals surface area contributed by atoms with Gasteiger partial charge in [0.25, 0.3) is 5.91 Å². The lowest BCUT2D eigenvalue weighted by molar-refractivity contribution is -0.113. The van der Waals surface area contributed by atoms with Gasteiger partial charge in [-0.25, -0.2) is 0 Å². The maximum Gasteiger partial charge on any atom is 0.271 e. The van der Waals surface area contributed by atoms with Crippen LogP contribution in [0.3, 0.4) is 0 Å². The van der Waals surface area contributed by atoms with E-state index >= 15 is 0 Å². The molecule has 1 saturated heterocycles. The summed E-state index contributed by atoms with van der Waals surface area (Å²) in [7, 11) is 0. The Morgan fingerprint density at radius 2 is 1.88 bits per heavy atom. The van der Waals surface area contributed by atoms with Crippen molar-refractivity contribution < 1.29 is 9.90 Å². The fraction of sp³-hybridized carbons (Fsp3) is 0.0588. The zero-order chi connectivity index (χ0) is 17.4. The Labute approximate surface area is 160 Å². The second kappa shape index (κ2) is 6.74. The summed E-state index contributed by atoms with van der Waals surface area (Å²) >= 11 is 7.71. The minimum Gasteiger partial charge on any atom is -0.506 e. The maximum absolute atomic E-state index is 12.7. The molecule has 0 unspecified atom stereocenters. The Balaban J connectivity index is 1.98. The van der Waals surface area contributed by atoms with Crippen LogP contribution >= 0.6 is 43.6 Å². The summed E-state index contributed by atoms with van der Waals surface area (Å²) in [5.41, 5.74) is 2.25. The molecule has 2 aromatic rings. The number of aryl methyl sites for hydroxylation is 1. The van der Waals surface area contributed by atoms with Crippen molar-refractivity contribution in [3.05, 3.63) is 61.4 Å². The third-order valence-electron chi connectivity index (χ3n) is 3.46. The molecule has 1 aliphatic rings. The van der Waals surface area contributed by atoms with Crippen LogP contribution in [0.4, 0.5) is 5.69 Å². The van der Waals surface area contributed by atoms with Crippen LogP contribution in [0.15, 0.2) is 50.2 Å². The summed E-state index contributed by atoms with van der Waals surface area (Å²) in [5, 5.41) is 18.4. The number of nitrogens with one attached hydrogen (secondary N) is 1. The van der Waals surface area contributed by atoms with Gasteiger partial charge < -0.3 is 5.11 Å². The van der Waals surface area contributed by atoms with E-state index < -0.39 is 0 Å². The molecule has 7 heteroatoms. The number of hydrogen-bond acceptors (Lipinski definition) is 4. The molecule has 0 bridgehead atoms. The molecule has 3 rings (SSSR count). The number of anilines is 1. The number of amides is 1. The number of rotatable bonds is 2. The standard InChI is InChI=1S/C17H12Br2N2O2S/c1-9-2-4-12(5-3-9)21-16(23)14(24-17(21)20)7-10-6-11(18)8-13(19)15(10)22/h2-8,20,22H,1H3/b14-7-,20-17?. The first-order valence-corrected chi connectivity index (χ1v) is 9.34. The average molecular weight is 468 g/mol. The Morgan fingerprint density at radius 1 is 1.21 bits per heavy atom. The molecular weight excluding hydrogens is 456 g/mol. The first-order chi connectivity index (χ1) is 11.4. The normalized spacial score (nSPS) is 16.3. The smallest absolute Gasteiger partial charge is 0.271 e. The summed E-state index contributed by atoms with van der Waals surface area (Å²) in [6.07, 6.45) is 1.60. The fourth-order valence-corrected chi connectivity index (χ4v) is 4.36. The van der Waals surface area contributed by atoms with Crippen molar-refractivity contribution in [1.82, 2.24) is 0 Å². The number of thioether (sulfide) groups is 1. The van der Waals surface area contributed by atoms with Gasteiger partial charge in [0.1, 0.15) is 5.75 Å². The largest absolute Gasteiger partial charge is 0.506 e. The minimum atomic E-state index is -0.274. The molecule has 122 valence electrons. The van der Waals surface area contributed by atoms with Gasteiger partial charge in [-0.3, -0.25) is 15.1 Å². The monoisotopic (exact) mass is 466 g/mol. The van der Waals surface area contributed by atoms with Crippen molar-refractivity contribution in [1.29, 1.82) is 5.41 Å². The van der Waals surface area contributed by atoms with E-state index in [9.17, 15) is 9.90 Å². The highest BCUT2D eigenvalue weighted by Gasteiger charge is 2.33. The summed E-state index contributed by atoms with van der Waals surface area (Å²) in [5.74, 6) is -0.219. The van der Waals surface area contributed by atoms with Crippen molar-refractivity contribution in [2.45, 2.75) is 6.92 Å². The van der Waals surface area contributed by atoms with Gasteiger partial charge in [-0.15, -0.1) is 0 Å². The number of carbonyl (C=O) groups excluding carboxylic acids is 1. The van der Waals surface area contributed by atoms with Gasteiger partial charge >= 0.3 is 0 Å². The Morgan fingerprint density at radius 3 is 2.54 bits per heavy atom. The Bertz CT molecular complexity index is 879. The molecule has 0 atom stereocenters. The molecule has 1 aliphatic heterocycles. The molecule has 0 radical (unpaired) electrons. The van der Waals surface area contributed by atoms with Gasteiger partial charge in [0.2, 0.25) is 0 Å². The van der Waals surface area contributed by atoms with Gasteiger partial charge in [-0.05, 0) is 65.0 Å². The van der Waals surface area contributed by atoms with Crippen LogP contribution in [0, 0.1) is 12.3 Å². The number of halogens is 2. The zero-order valence-electron chi connectivity index (χ0n) is 12.5. The minimum absolute atomic E-state index is 0.0550. The van der Waals surface area contributed by atoms with Crippen LogP contribution in [-0.4, -0.2) is 16.2 Å². The van der Waals surface area contributed by atoms with E-state index in [1.807, 2.05) is 31.2 Å². The van der Waals surface area contributed by atoms with E-state index in [1.54, 1.807) is 18.2 Å². The van der Waals surface area contributed by atoms with Crippen molar-refractivity contribution in [3.63, 3.8) is 0 Å². The van der Waals surface area contributed by atoms with Crippen LogP contribution in [0.5, 0.6) is 5.75 Å². The molecule has 0 spiro atoms. The average Bonchev–Trinajstić information content (AvgIpc) is 2.80. The zero-order valence-corrected chi connectivity index (χ0v) is 16.5. The lowest BCUT2D eigenvalue weighted by atomic mass is 10.1. The molecule has 2 N–H and O–H groups in total. The summed E-state index contributed by atoms with van der Waals surface area (Å²) in [6.45, 7) is 1.97. The quantitative estimate of drug-likeness (QED) is 0.590. The van der Waals surface area contributed by atoms with Gasteiger partial charge in [-0.1, -0.05) is 33.6 Å². The number of benzene rings is 2. The molecular formula is C17H12Br2N2O2S. The molecule has 0 aromatic heterocycles. The molecule has 2 aromatic carbocycles. The van der Waals surface area contributed by atoms with Crippen LogP contribution in [0.25, 0.3) is 6.08 Å². The SMILES string of the molecule is Cc1ccc(N2C(=N)S/C(=C\c3cc(Br)cc(Br)c3O)C2=O)cc1. The van der Waals surface area contributed by atoms with Crippen LogP contribution < -0.4 is 4.90 Å². The van der Waals surface area contributed by atoms with Gasteiger partial charge in [0, 0.05) is 10.0 Å². The predicted octanol–water partition coefficient (Wildman–Crippen LogP) is 5.28. The number of aromatic hydroxyl groups is 1. The molecule has 1 heterocycles. The van der Waals surface area contributed by atoms with Crippen molar-refractivity contribution in [3.8, 4) is 5.75 Å². The number of carbonyl (C=O) groups is 1. The number of nitrogens with zero attached hydrogens (tertiary/aromatic N) is 1. The summed E-state index contributed by atoms with van der Waals surface area (Å²) < 4.78 is 1.31. The first-order valence-electron chi connectivity index (χ1n) is 6.94. The number of hydrogen-bond donors (Lipinski definition) is 2. The molecule has 24 heavy (non-hydrogen) atoms. The van der Waals surface area contributed by atoms with E-state index in [2.05, 4.69) is 31.9 Å². The Hall–Kier alpha value is -1.57. The summed E-state index contributed by atoms with van der Waals surface area (Å²) in [4.78, 5) is 14.4. The van der Waals surface area contributed by atoms with Crippen molar-refractivity contribution in [2.75, 3.05) is 4.90 Å². The Kier molecular flexibility index (Phi) is 4.85. The van der Waals surface area contributed by atoms with Crippen LogP contribution in [-0.2, 0) is 4.79 Å². The van der Waals surface area contributed by atoms with E-state index in [0.29, 0.717) is 20.6 Å². The van der Waals surface area contributed by atoms with Crippen LogP contribution in [0.1, 0.15) is 11.1 Å². The lowest BCUT2D eigenvalue weighted by Gasteiger charge is -2.14. The van der Waals surface area contributed by atoms with E-state index in [0.717, 1.165) is 21.8 Å². The topological polar surface area (TPSA) is 64.4 Å². The van der Waals surface area contributed by atoms with Crippen molar-refractivity contribution in [2.24, 2.45) is 0 Å². The maximum atomic E-state index is 12.7. The second-order valence-corrected chi connectivity index (χ2v) is 8.02. The van der Waals surface area contributed by atoms with Gasteiger partial charge in [-0.2, -0.15) is 0 Å². The highest BCUT2D eigenvalue weighted by molar-refractivity contribution is 9.11. The second-order valence-electron chi connectivity index (χ2n) is 5.22. The van der Waals surface area contributed by atoms with E-state index in [4.69, 9.17) is 5.41 Å². The van der Waals surface area contributed by atoms with E-state index in [-0.39, 0.29) is 16.8 Å². The molecule has 0 saturated carbocycles. The molecule has 0 aliphatic carbocycles. The highest BCUT2D eigenvalue weighted by Crippen LogP contribution is 2.38. The van der Waals surface area contributed by atoms with Gasteiger partial charge in [0.15, 0.2) is 5.17 Å². The van der Waals surface area contributed by atoms with E-state index in [1.165, 1.54) is 4.90 Å². The molecule has 1 fully saturated rings. The predicted molar refractivity (Wildman–Crippen MR) is 105 cm³/mol. The number of phenols is 1. The lowest BCUT2D eigenvalue weighted by Crippen LogP contribution is -2.28. The first kappa shape index (κ1) is 17.3. The third kappa shape index (κ3) is 3.29. The third-order valence-corrected chi connectivity index (χ3v) is 5.41. The number of amidine groups is 1. The molecule has 1 amide bonds. The van der Waals surface area contributed by atoms with Crippen molar-refractivity contribution >= 4 is 66.5 Å². The van der Waals surface area contributed by atoms with Gasteiger partial charge in [0.05, 0.1) is 15.1 Å². The van der Waals surface area contributed by atoms with Crippen LogP contribution in [0.2, 0.25) is 0 Å². The fourth-order valence-electron chi connectivity index (χ4n) is 2.25. The number of phenolic OH excluding ortho intramolecular Hbond substituents is 1.